The standard InChI is InChI=1S/C13H18O/c1-6-11-9-7-8-10(2)12(11)14-13(3,4)5/h6-9H,1H2,2-5H3. The summed E-state index contributed by atoms with van der Waals surface area (Å²) in [4.78, 5) is 0. The molecule has 1 nitrogen and oxygen atoms in total. The molecule has 0 aliphatic heterocycles. The van der Waals surface area contributed by atoms with Gasteiger partial charge in [0, 0.05) is 5.56 Å². The molecular weight excluding hydrogens is 172 g/mol. The number of benzene rings is 1. The van der Waals surface area contributed by atoms with Crippen molar-refractivity contribution in [2.24, 2.45) is 0 Å². The van der Waals surface area contributed by atoms with Gasteiger partial charge in [0.2, 0.25) is 0 Å². The van der Waals surface area contributed by atoms with Crippen LogP contribution in [0.3, 0.4) is 0 Å². The van der Waals surface area contributed by atoms with Crippen molar-refractivity contribution < 1.29 is 4.74 Å². The van der Waals surface area contributed by atoms with E-state index in [0.717, 1.165) is 16.9 Å². The van der Waals surface area contributed by atoms with Crippen molar-refractivity contribution in [3.8, 4) is 5.75 Å². The van der Waals surface area contributed by atoms with Crippen LogP contribution in [-0.4, -0.2) is 5.60 Å². The third-order valence-electron chi connectivity index (χ3n) is 1.87. The molecule has 0 saturated heterocycles. The van der Waals surface area contributed by atoms with Crippen molar-refractivity contribution >= 4 is 6.08 Å². The fraction of sp³-hybridized carbons (Fsp3) is 0.385. The Morgan fingerprint density at radius 1 is 1.29 bits per heavy atom. The van der Waals surface area contributed by atoms with Crippen LogP contribution in [0, 0.1) is 6.92 Å². The second-order valence-electron chi connectivity index (χ2n) is 4.41. The average molecular weight is 190 g/mol. The third kappa shape index (κ3) is 2.63. The molecule has 0 aliphatic rings. The SMILES string of the molecule is C=Cc1cccc(C)c1OC(C)(C)C. The van der Waals surface area contributed by atoms with Gasteiger partial charge in [-0.25, -0.2) is 0 Å². The van der Waals surface area contributed by atoms with E-state index in [1.165, 1.54) is 0 Å². The molecule has 1 heteroatoms. The smallest absolute Gasteiger partial charge is 0.130 e. The molecule has 0 N–H and O–H groups in total. The van der Waals surface area contributed by atoms with Crippen molar-refractivity contribution in [2.75, 3.05) is 0 Å². The summed E-state index contributed by atoms with van der Waals surface area (Å²) in [6.45, 7) is 12.0. The Hall–Kier alpha value is -1.24. The Bertz CT molecular complexity index is 332. The van der Waals surface area contributed by atoms with Crippen molar-refractivity contribution in [3.05, 3.63) is 35.9 Å². The summed E-state index contributed by atoms with van der Waals surface area (Å²) in [5.74, 6) is 0.940. The Balaban J connectivity index is 3.11. The van der Waals surface area contributed by atoms with Crippen LogP contribution >= 0.6 is 0 Å². The summed E-state index contributed by atoms with van der Waals surface area (Å²) in [5, 5.41) is 0. The normalized spacial score (nSPS) is 11.1. The van der Waals surface area contributed by atoms with Gasteiger partial charge in [0.25, 0.3) is 0 Å². The van der Waals surface area contributed by atoms with Crippen molar-refractivity contribution in [3.63, 3.8) is 0 Å². The Morgan fingerprint density at radius 3 is 2.43 bits per heavy atom. The zero-order chi connectivity index (χ0) is 10.8. The van der Waals surface area contributed by atoms with Crippen LogP contribution in [0.15, 0.2) is 24.8 Å². The number of ether oxygens (including phenoxy) is 1. The molecule has 1 rings (SSSR count). The quantitative estimate of drug-likeness (QED) is 0.689. The van der Waals surface area contributed by atoms with Crippen molar-refractivity contribution in [2.45, 2.75) is 33.3 Å². The molecular formula is C13H18O. The van der Waals surface area contributed by atoms with E-state index in [2.05, 4.69) is 6.58 Å². The maximum atomic E-state index is 5.88. The molecule has 0 amide bonds. The predicted octanol–water partition coefficient (Wildman–Crippen LogP) is 3.82. The highest BCUT2D eigenvalue weighted by atomic mass is 16.5. The van der Waals surface area contributed by atoms with E-state index in [9.17, 15) is 0 Å². The third-order valence-corrected chi connectivity index (χ3v) is 1.87. The van der Waals surface area contributed by atoms with E-state index in [0.29, 0.717) is 0 Å². The van der Waals surface area contributed by atoms with Crippen LogP contribution in [0.1, 0.15) is 31.9 Å². The fourth-order valence-corrected chi connectivity index (χ4v) is 1.28. The zero-order valence-electron chi connectivity index (χ0n) is 9.42. The topological polar surface area (TPSA) is 9.23 Å². The summed E-state index contributed by atoms with van der Waals surface area (Å²) in [5.41, 5.74) is 2.04. The molecule has 1 aromatic carbocycles. The van der Waals surface area contributed by atoms with Crippen molar-refractivity contribution in [1.29, 1.82) is 0 Å². The lowest BCUT2D eigenvalue weighted by Crippen LogP contribution is -2.23. The molecule has 0 atom stereocenters. The highest BCUT2D eigenvalue weighted by Crippen LogP contribution is 2.27. The minimum Gasteiger partial charge on any atom is -0.487 e. The Labute approximate surface area is 86.4 Å². The van der Waals surface area contributed by atoms with Crippen LogP contribution in [0.2, 0.25) is 0 Å². The first-order chi connectivity index (χ1) is 6.44. The molecule has 0 bridgehead atoms. The Kier molecular flexibility index (Phi) is 3.00. The molecule has 0 heterocycles. The van der Waals surface area contributed by atoms with Gasteiger partial charge in [0.15, 0.2) is 0 Å². The summed E-state index contributed by atoms with van der Waals surface area (Å²) in [6, 6.07) is 6.08. The molecule has 1 aromatic rings. The van der Waals surface area contributed by atoms with Gasteiger partial charge in [-0.1, -0.05) is 30.9 Å². The van der Waals surface area contributed by atoms with E-state index >= 15 is 0 Å². The Morgan fingerprint density at radius 2 is 1.93 bits per heavy atom. The second-order valence-corrected chi connectivity index (χ2v) is 4.41. The van der Waals surface area contributed by atoms with Crippen LogP contribution in [-0.2, 0) is 0 Å². The molecule has 0 aromatic heterocycles. The molecule has 0 fully saturated rings. The van der Waals surface area contributed by atoms with E-state index in [1.807, 2.05) is 52.0 Å². The number of aryl methyl sites for hydroxylation is 1. The highest BCUT2D eigenvalue weighted by Gasteiger charge is 2.14. The maximum Gasteiger partial charge on any atom is 0.130 e. The molecule has 0 unspecified atom stereocenters. The number of hydrogen-bond acceptors (Lipinski definition) is 1. The van der Waals surface area contributed by atoms with Gasteiger partial charge in [0.1, 0.15) is 11.4 Å². The molecule has 0 saturated carbocycles. The lowest BCUT2D eigenvalue weighted by molar-refractivity contribution is 0.129. The largest absolute Gasteiger partial charge is 0.487 e. The van der Waals surface area contributed by atoms with Gasteiger partial charge in [0.05, 0.1) is 0 Å². The monoisotopic (exact) mass is 190 g/mol. The zero-order valence-corrected chi connectivity index (χ0v) is 9.42. The van der Waals surface area contributed by atoms with E-state index < -0.39 is 0 Å². The first kappa shape index (κ1) is 10.8. The van der Waals surface area contributed by atoms with E-state index in [-0.39, 0.29) is 5.60 Å². The van der Waals surface area contributed by atoms with Gasteiger partial charge in [-0.05, 0) is 33.3 Å². The predicted molar refractivity (Wildman–Crippen MR) is 61.7 cm³/mol. The molecule has 0 aliphatic carbocycles. The molecule has 14 heavy (non-hydrogen) atoms. The minimum atomic E-state index is -0.163. The number of rotatable bonds is 2. The minimum absolute atomic E-state index is 0.163. The van der Waals surface area contributed by atoms with E-state index in [4.69, 9.17) is 4.74 Å². The highest BCUT2D eigenvalue weighted by molar-refractivity contribution is 5.58. The fourth-order valence-electron chi connectivity index (χ4n) is 1.28. The average Bonchev–Trinajstić information content (AvgIpc) is 2.06. The lowest BCUT2D eigenvalue weighted by Gasteiger charge is -2.24. The summed E-state index contributed by atoms with van der Waals surface area (Å²) >= 11 is 0. The van der Waals surface area contributed by atoms with Gasteiger partial charge >= 0.3 is 0 Å². The van der Waals surface area contributed by atoms with Crippen molar-refractivity contribution in [1.82, 2.24) is 0 Å². The summed E-state index contributed by atoms with van der Waals surface area (Å²) in [7, 11) is 0. The molecule has 0 radical (unpaired) electrons. The molecule has 76 valence electrons. The van der Waals surface area contributed by atoms with Crippen LogP contribution in [0.4, 0.5) is 0 Å². The van der Waals surface area contributed by atoms with Crippen LogP contribution in [0.25, 0.3) is 6.08 Å². The van der Waals surface area contributed by atoms with Gasteiger partial charge in [-0.3, -0.25) is 0 Å². The first-order valence-electron chi connectivity index (χ1n) is 4.85. The summed E-state index contributed by atoms with van der Waals surface area (Å²) in [6.07, 6.45) is 1.83. The molecule has 0 spiro atoms. The van der Waals surface area contributed by atoms with Gasteiger partial charge < -0.3 is 4.74 Å². The number of para-hydroxylation sites is 1. The lowest BCUT2D eigenvalue weighted by atomic mass is 10.1. The van der Waals surface area contributed by atoms with Gasteiger partial charge in [-0.15, -0.1) is 0 Å². The number of hydrogen-bond donors (Lipinski definition) is 0. The maximum absolute atomic E-state index is 5.88. The van der Waals surface area contributed by atoms with Crippen LogP contribution < -0.4 is 4.74 Å². The first-order valence-corrected chi connectivity index (χ1v) is 4.85. The van der Waals surface area contributed by atoms with Crippen LogP contribution in [0.5, 0.6) is 5.75 Å². The summed E-state index contributed by atoms with van der Waals surface area (Å²) < 4.78 is 5.88. The van der Waals surface area contributed by atoms with Gasteiger partial charge in [-0.2, -0.15) is 0 Å². The second kappa shape index (κ2) is 3.87. The van der Waals surface area contributed by atoms with E-state index in [1.54, 1.807) is 0 Å².